The van der Waals surface area contributed by atoms with Crippen LogP contribution in [0.25, 0.3) is 0 Å². The van der Waals surface area contributed by atoms with E-state index in [0.29, 0.717) is 5.69 Å². The van der Waals surface area contributed by atoms with Crippen LogP contribution in [0.2, 0.25) is 0 Å². The molecule has 1 aromatic rings. The number of nitrogens with zero attached hydrogens (tertiary/aromatic N) is 1. The first-order chi connectivity index (χ1) is 6.50. The smallest absolute Gasteiger partial charge is 0.242 e. The number of nitrogens with two attached hydrogens (primary N) is 1. The topological polar surface area (TPSA) is 88.2 Å². The fraction of sp³-hybridized carbons (Fsp3) is 0.333. The first kappa shape index (κ1) is 10.5. The van der Waals surface area contributed by atoms with E-state index in [9.17, 15) is 9.90 Å². The lowest BCUT2D eigenvalue weighted by atomic mass is 10.3. The Morgan fingerprint density at radius 1 is 1.64 bits per heavy atom. The van der Waals surface area contributed by atoms with E-state index >= 15 is 0 Å². The van der Waals surface area contributed by atoms with E-state index in [2.05, 4.69) is 10.3 Å². The number of pyridine rings is 1. The van der Waals surface area contributed by atoms with Gasteiger partial charge in [0.1, 0.15) is 0 Å². The number of hydrogen-bond acceptors (Lipinski definition) is 4. The lowest BCUT2D eigenvalue weighted by molar-refractivity contribution is -0.117. The van der Waals surface area contributed by atoms with Gasteiger partial charge in [-0.15, -0.1) is 0 Å². The van der Waals surface area contributed by atoms with Crippen molar-refractivity contribution in [3.8, 4) is 5.75 Å². The summed E-state index contributed by atoms with van der Waals surface area (Å²) in [6, 6.07) is 2.49. The number of aromatic nitrogens is 1. The highest BCUT2D eigenvalue weighted by atomic mass is 16.3. The van der Waals surface area contributed by atoms with Crippen molar-refractivity contribution in [2.24, 2.45) is 5.73 Å². The fourth-order valence-corrected chi connectivity index (χ4v) is 0.872. The highest BCUT2D eigenvalue weighted by Crippen LogP contribution is 2.19. The zero-order valence-electron chi connectivity index (χ0n) is 8.11. The Hall–Kier alpha value is -1.62. The lowest BCUT2D eigenvalue weighted by Gasteiger charge is -2.08. The van der Waals surface area contributed by atoms with Crippen LogP contribution in [-0.2, 0) is 4.79 Å². The minimum absolute atomic E-state index is 0.0652. The minimum Gasteiger partial charge on any atom is -0.504 e. The molecule has 0 saturated heterocycles. The van der Waals surface area contributed by atoms with Gasteiger partial charge in [-0.3, -0.25) is 4.79 Å². The summed E-state index contributed by atoms with van der Waals surface area (Å²) >= 11 is 0. The molecule has 0 bridgehead atoms. The summed E-state index contributed by atoms with van der Waals surface area (Å²) in [7, 11) is 0. The van der Waals surface area contributed by atoms with Gasteiger partial charge in [0.05, 0.1) is 6.04 Å². The molecule has 5 heteroatoms. The highest BCUT2D eigenvalue weighted by Gasteiger charge is 2.11. The molecule has 76 valence electrons. The van der Waals surface area contributed by atoms with E-state index in [1.807, 2.05) is 0 Å². The van der Waals surface area contributed by atoms with Crippen molar-refractivity contribution in [3.05, 3.63) is 17.8 Å². The number of aryl methyl sites for hydroxylation is 1. The van der Waals surface area contributed by atoms with Crippen LogP contribution in [0.4, 0.5) is 5.82 Å². The second-order valence-corrected chi connectivity index (χ2v) is 3.10. The molecular weight excluding hydrogens is 182 g/mol. The van der Waals surface area contributed by atoms with Gasteiger partial charge in [0.2, 0.25) is 5.91 Å². The predicted molar refractivity (Wildman–Crippen MR) is 52.9 cm³/mol. The van der Waals surface area contributed by atoms with Crippen molar-refractivity contribution in [1.82, 2.24) is 4.98 Å². The fourth-order valence-electron chi connectivity index (χ4n) is 0.872. The van der Waals surface area contributed by atoms with Gasteiger partial charge in [-0.2, -0.15) is 0 Å². The number of rotatable bonds is 2. The molecule has 14 heavy (non-hydrogen) atoms. The Bertz CT molecular complexity index is 350. The Kier molecular flexibility index (Phi) is 3.03. The first-order valence-corrected chi connectivity index (χ1v) is 4.23. The van der Waals surface area contributed by atoms with Gasteiger partial charge in [0.25, 0.3) is 0 Å². The Balaban J connectivity index is 2.86. The largest absolute Gasteiger partial charge is 0.504 e. The normalized spacial score (nSPS) is 12.2. The predicted octanol–water partition coefficient (Wildman–Crippen LogP) is 0.381. The molecule has 0 radical (unpaired) electrons. The number of amides is 1. The van der Waals surface area contributed by atoms with E-state index in [-0.39, 0.29) is 17.5 Å². The molecule has 0 aliphatic carbocycles. The van der Waals surface area contributed by atoms with Crippen LogP contribution in [-0.4, -0.2) is 22.0 Å². The number of carbonyl (C=O) groups excluding carboxylic acids is 1. The lowest BCUT2D eigenvalue weighted by Crippen LogP contribution is -2.32. The second kappa shape index (κ2) is 4.06. The maximum absolute atomic E-state index is 11.2. The number of aromatic hydroxyl groups is 1. The molecule has 0 spiro atoms. The minimum atomic E-state index is -0.628. The van der Waals surface area contributed by atoms with Gasteiger partial charge in [-0.1, -0.05) is 0 Å². The molecule has 0 aliphatic rings. The molecule has 1 rings (SSSR count). The molecule has 1 atom stereocenters. The van der Waals surface area contributed by atoms with Crippen LogP contribution < -0.4 is 11.1 Å². The third-order valence-electron chi connectivity index (χ3n) is 1.67. The summed E-state index contributed by atoms with van der Waals surface area (Å²) in [6.07, 6.45) is 0. The zero-order valence-corrected chi connectivity index (χ0v) is 8.11. The average molecular weight is 195 g/mol. The van der Waals surface area contributed by atoms with Gasteiger partial charge < -0.3 is 16.2 Å². The monoisotopic (exact) mass is 195 g/mol. The summed E-state index contributed by atoms with van der Waals surface area (Å²) in [5.41, 5.74) is 6.06. The number of carbonyl (C=O) groups is 1. The van der Waals surface area contributed by atoms with Crippen molar-refractivity contribution in [1.29, 1.82) is 0 Å². The number of anilines is 1. The van der Waals surface area contributed by atoms with Crippen molar-refractivity contribution in [2.45, 2.75) is 19.9 Å². The Morgan fingerprint density at radius 2 is 2.29 bits per heavy atom. The van der Waals surface area contributed by atoms with Crippen molar-refractivity contribution in [2.75, 3.05) is 5.32 Å². The van der Waals surface area contributed by atoms with E-state index in [4.69, 9.17) is 5.73 Å². The quantitative estimate of drug-likeness (QED) is 0.636. The molecule has 1 aromatic heterocycles. The Labute approximate surface area is 82.0 Å². The molecule has 5 nitrogen and oxygen atoms in total. The zero-order chi connectivity index (χ0) is 10.7. The van der Waals surface area contributed by atoms with E-state index < -0.39 is 6.04 Å². The first-order valence-electron chi connectivity index (χ1n) is 4.23. The van der Waals surface area contributed by atoms with Crippen molar-refractivity contribution >= 4 is 11.7 Å². The summed E-state index contributed by atoms with van der Waals surface area (Å²) in [4.78, 5) is 15.1. The third kappa shape index (κ3) is 2.43. The standard InChI is InChI=1S/C9H13N3O2/c1-5-3-4-7(13)8(11-5)12-9(14)6(2)10/h3-4,6,13H,10H2,1-2H3,(H,11,12,14)/t6-/m0/s1. The van der Waals surface area contributed by atoms with Gasteiger partial charge in [0.15, 0.2) is 11.6 Å². The van der Waals surface area contributed by atoms with Crippen LogP contribution in [0.3, 0.4) is 0 Å². The van der Waals surface area contributed by atoms with Crippen LogP contribution in [0, 0.1) is 6.92 Å². The highest BCUT2D eigenvalue weighted by molar-refractivity contribution is 5.94. The second-order valence-electron chi connectivity index (χ2n) is 3.10. The average Bonchev–Trinajstić information content (AvgIpc) is 2.11. The molecule has 0 saturated carbocycles. The van der Waals surface area contributed by atoms with Crippen LogP contribution in [0.15, 0.2) is 12.1 Å². The molecule has 0 aromatic carbocycles. The summed E-state index contributed by atoms with van der Waals surface area (Å²) in [6.45, 7) is 3.32. The van der Waals surface area contributed by atoms with Gasteiger partial charge in [-0.05, 0) is 26.0 Å². The molecule has 0 unspecified atom stereocenters. The number of hydrogen-bond donors (Lipinski definition) is 3. The SMILES string of the molecule is Cc1ccc(O)c(NC(=O)[C@H](C)N)n1. The molecular formula is C9H13N3O2. The van der Waals surface area contributed by atoms with Gasteiger partial charge in [-0.25, -0.2) is 4.98 Å². The summed E-state index contributed by atoms with van der Waals surface area (Å²) in [5.74, 6) is -0.296. The maximum atomic E-state index is 11.2. The molecule has 1 heterocycles. The Morgan fingerprint density at radius 3 is 2.86 bits per heavy atom. The van der Waals surface area contributed by atoms with Gasteiger partial charge in [0, 0.05) is 5.69 Å². The van der Waals surface area contributed by atoms with E-state index in [1.165, 1.54) is 6.07 Å². The molecule has 4 N–H and O–H groups in total. The molecule has 0 fully saturated rings. The van der Waals surface area contributed by atoms with Crippen LogP contribution in [0.1, 0.15) is 12.6 Å². The van der Waals surface area contributed by atoms with Crippen LogP contribution in [0.5, 0.6) is 5.75 Å². The molecule has 1 amide bonds. The van der Waals surface area contributed by atoms with E-state index in [1.54, 1.807) is 19.9 Å². The van der Waals surface area contributed by atoms with Crippen molar-refractivity contribution in [3.63, 3.8) is 0 Å². The molecule has 0 aliphatic heterocycles. The summed E-state index contributed by atoms with van der Waals surface area (Å²) in [5, 5.41) is 11.8. The maximum Gasteiger partial charge on any atom is 0.242 e. The summed E-state index contributed by atoms with van der Waals surface area (Å²) < 4.78 is 0. The van der Waals surface area contributed by atoms with Crippen molar-refractivity contribution < 1.29 is 9.90 Å². The van der Waals surface area contributed by atoms with Gasteiger partial charge >= 0.3 is 0 Å². The van der Waals surface area contributed by atoms with E-state index in [0.717, 1.165) is 0 Å². The third-order valence-corrected chi connectivity index (χ3v) is 1.67. The van der Waals surface area contributed by atoms with Crippen LogP contribution >= 0.6 is 0 Å². The number of nitrogens with one attached hydrogen (secondary N) is 1.